The van der Waals surface area contributed by atoms with Gasteiger partial charge >= 0.3 is 6.18 Å². The Bertz CT molecular complexity index is 862. The van der Waals surface area contributed by atoms with Gasteiger partial charge in [0.25, 0.3) is 5.91 Å². The molecule has 0 bridgehead atoms. The summed E-state index contributed by atoms with van der Waals surface area (Å²) in [6.45, 7) is 1.17. The summed E-state index contributed by atoms with van der Waals surface area (Å²) in [4.78, 5) is 12.0. The van der Waals surface area contributed by atoms with E-state index < -0.39 is 30.3 Å². The molecule has 1 N–H and O–H groups in total. The summed E-state index contributed by atoms with van der Waals surface area (Å²) >= 11 is 0. The first kappa shape index (κ1) is 18.1. The minimum atomic E-state index is -4.57. The Balaban J connectivity index is 1.68. The van der Waals surface area contributed by atoms with Crippen molar-refractivity contribution in [2.45, 2.75) is 38.4 Å². The Morgan fingerprint density at radius 3 is 2.65 bits per heavy atom. The van der Waals surface area contributed by atoms with Gasteiger partial charge in [0.05, 0.1) is 17.5 Å². The van der Waals surface area contributed by atoms with Gasteiger partial charge in [-0.3, -0.25) is 9.48 Å². The zero-order valence-electron chi connectivity index (χ0n) is 14.0. The summed E-state index contributed by atoms with van der Waals surface area (Å²) < 4.78 is 54.3. The van der Waals surface area contributed by atoms with E-state index >= 15 is 0 Å². The Morgan fingerprint density at radius 1 is 1.42 bits per heavy atom. The fourth-order valence-corrected chi connectivity index (χ4v) is 2.54. The van der Waals surface area contributed by atoms with Gasteiger partial charge in [0.15, 0.2) is 5.69 Å². The molecule has 26 heavy (non-hydrogen) atoms. The van der Waals surface area contributed by atoms with Gasteiger partial charge in [0.2, 0.25) is 5.95 Å². The number of carbonyl (C=O) groups excluding carboxylic acids is 1. The molecule has 0 unspecified atom stereocenters. The number of alkyl halides is 3. The minimum Gasteiger partial charge on any atom is -0.271 e. The summed E-state index contributed by atoms with van der Waals surface area (Å²) in [6.07, 6.45) is -1.94. The van der Waals surface area contributed by atoms with Crippen LogP contribution in [0.5, 0.6) is 0 Å². The Labute approximate surface area is 145 Å². The lowest BCUT2D eigenvalue weighted by molar-refractivity contribution is -0.141. The van der Waals surface area contributed by atoms with Crippen molar-refractivity contribution in [3.05, 3.63) is 34.7 Å². The van der Waals surface area contributed by atoms with Gasteiger partial charge in [-0.25, -0.2) is 10.1 Å². The second kappa shape index (κ2) is 6.54. The van der Waals surface area contributed by atoms with Gasteiger partial charge < -0.3 is 0 Å². The molecular formula is C15H16F4N6O. The highest BCUT2D eigenvalue weighted by molar-refractivity contribution is 5.83. The van der Waals surface area contributed by atoms with Gasteiger partial charge in [-0.1, -0.05) is 0 Å². The van der Waals surface area contributed by atoms with E-state index in [-0.39, 0.29) is 11.5 Å². The van der Waals surface area contributed by atoms with E-state index in [0.29, 0.717) is 11.4 Å². The van der Waals surface area contributed by atoms with E-state index in [1.54, 1.807) is 6.92 Å². The van der Waals surface area contributed by atoms with E-state index in [1.165, 1.54) is 7.05 Å². The smallest absolute Gasteiger partial charge is 0.271 e. The maximum absolute atomic E-state index is 13.7. The minimum absolute atomic E-state index is 0.0120. The molecule has 0 spiro atoms. The van der Waals surface area contributed by atoms with Crippen LogP contribution in [0.1, 0.15) is 41.4 Å². The van der Waals surface area contributed by atoms with Crippen LogP contribution in [0.4, 0.5) is 17.6 Å². The Hall–Kier alpha value is -2.72. The number of aryl methyl sites for hydroxylation is 2. The lowest BCUT2D eigenvalue weighted by atomic mass is 10.2. The lowest BCUT2D eigenvalue weighted by Crippen LogP contribution is -2.25. The third-order valence-electron chi connectivity index (χ3n) is 3.97. The number of halogens is 4. The Kier molecular flexibility index (Phi) is 4.55. The summed E-state index contributed by atoms with van der Waals surface area (Å²) in [6, 6.07) is 0.975. The molecule has 140 valence electrons. The molecule has 7 nitrogen and oxygen atoms in total. The second-order valence-corrected chi connectivity index (χ2v) is 6.09. The van der Waals surface area contributed by atoms with Crippen molar-refractivity contribution < 1.29 is 22.4 Å². The first-order valence-corrected chi connectivity index (χ1v) is 7.82. The summed E-state index contributed by atoms with van der Waals surface area (Å²) in [5.74, 6) is -1.29. The van der Waals surface area contributed by atoms with Crippen molar-refractivity contribution in [1.82, 2.24) is 25.0 Å². The van der Waals surface area contributed by atoms with Crippen molar-refractivity contribution >= 4 is 12.1 Å². The molecular weight excluding hydrogens is 356 g/mol. The normalized spacial score (nSPS) is 15.0. The lowest BCUT2D eigenvalue weighted by Gasteiger charge is -2.05. The first-order valence-electron chi connectivity index (χ1n) is 7.82. The second-order valence-electron chi connectivity index (χ2n) is 6.09. The van der Waals surface area contributed by atoms with Crippen molar-refractivity contribution in [2.24, 2.45) is 12.1 Å². The maximum atomic E-state index is 13.7. The van der Waals surface area contributed by atoms with Crippen LogP contribution in [-0.2, 0) is 24.6 Å². The summed E-state index contributed by atoms with van der Waals surface area (Å²) in [7, 11) is 1.42. The van der Waals surface area contributed by atoms with Gasteiger partial charge in [0, 0.05) is 18.7 Å². The molecule has 0 atom stereocenters. The highest BCUT2D eigenvalue weighted by Gasteiger charge is 2.38. The molecule has 2 aromatic heterocycles. The fraction of sp³-hybridized carbons (Fsp3) is 0.467. The standard InChI is InChI=1S/C15H16F4N6O/c1-8-10(14(16)24(2)22-8)6-20-21-13(26)7-25-11(9-3-4-9)5-12(23-25)15(17,18)19/h5-6,9H,3-4,7H2,1-2H3,(H,21,26). The molecule has 2 heterocycles. The molecule has 0 radical (unpaired) electrons. The van der Waals surface area contributed by atoms with E-state index in [0.717, 1.165) is 34.5 Å². The number of hydrogen-bond acceptors (Lipinski definition) is 4. The van der Waals surface area contributed by atoms with Crippen LogP contribution in [-0.4, -0.2) is 31.7 Å². The topological polar surface area (TPSA) is 77.1 Å². The molecule has 1 saturated carbocycles. The van der Waals surface area contributed by atoms with Crippen molar-refractivity contribution in [3.63, 3.8) is 0 Å². The zero-order valence-corrected chi connectivity index (χ0v) is 14.0. The molecule has 2 aromatic rings. The SMILES string of the molecule is Cc1nn(C)c(F)c1C=NNC(=O)Cn1nc(C(F)(F)F)cc1C1CC1. The van der Waals surface area contributed by atoms with E-state index in [9.17, 15) is 22.4 Å². The molecule has 1 amide bonds. The van der Waals surface area contributed by atoms with Gasteiger partial charge in [-0.2, -0.15) is 32.9 Å². The molecule has 0 aromatic carbocycles. The van der Waals surface area contributed by atoms with Crippen molar-refractivity contribution in [3.8, 4) is 0 Å². The Morgan fingerprint density at radius 2 is 2.12 bits per heavy atom. The number of amides is 1. The number of hydrazone groups is 1. The van der Waals surface area contributed by atoms with E-state index in [2.05, 4.69) is 20.7 Å². The van der Waals surface area contributed by atoms with Crippen LogP contribution in [0.3, 0.4) is 0 Å². The maximum Gasteiger partial charge on any atom is 0.435 e. The third kappa shape index (κ3) is 3.75. The predicted octanol–water partition coefficient (Wildman–Crippen LogP) is 2.11. The number of hydrogen-bond donors (Lipinski definition) is 1. The van der Waals surface area contributed by atoms with Crippen LogP contribution in [0.2, 0.25) is 0 Å². The third-order valence-corrected chi connectivity index (χ3v) is 3.97. The van der Waals surface area contributed by atoms with Crippen LogP contribution >= 0.6 is 0 Å². The van der Waals surface area contributed by atoms with Crippen LogP contribution in [0, 0.1) is 12.9 Å². The number of aromatic nitrogens is 4. The molecule has 3 rings (SSSR count). The largest absolute Gasteiger partial charge is 0.435 e. The average molecular weight is 372 g/mol. The summed E-state index contributed by atoms with van der Waals surface area (Å²) in [5, 5.41) is 11.0. The van der Waals surface area contributed by atoms with Crippen LogP contribution < -0.4 is 5.43 Å². The van der Waals surface area contributed by atoms with Crippen LogP contribution in [0.15, 0.2) is 11.2 Å². The van der Waals surface area contributed by atoms with Gasteiger partial charge in [0.1, 0.15) is 6.54 Å². The van der Waals surface area contributed by atoms with Crippen molar-refractivity contribution in [1.29, 1.82) is 0 Å². The first-order chi connectivity index (χ1) is 12.2. The van der Waals surface area contributed by atoms with Gasteiger partial charge in [-0.15, -0.1) is 0 Å². The number of nitrogens with one attached hydrogen (secondary N) is 1. The van der Waals surface area contributed by atoms with Crippen molar-refractivity contribution in [2.75, 3.05) is 0 Å². The molecule has 0 saturated heterocycles. The van der Waals surface area contributed by atoms with E-state index in [4.69, 9.17) is 0 Å². The number of carbonyl (C=O) groups is 1. The fourth-order valence-electron chi connectivity index (χ4n) is 2.54. The monoisotopic (exact) mass is 372 g/mol. The van der Waals surface area contributed by atoms with Gasteiger partial charge in [-0.05, 0) is 25.8 Å². The highest BCUT2D eigenvalue weighted by Crippen LogP contribution is 2.42. The molecule has 0 aliphatic heterocycles. The molecule has 1 aliphatic rings. The quantitative estimate of drug-likeness (QED) is 0.496. The highest BCUT2D eigenvalue weighted by atomic mass is 19.4. The van der Waals surface area contributed by atoms with Crippen LogP contribution in [0.25, 0.3) is 0 Å². The van der Waals surface area contributed by atoms with E-state index in [1.807, 2.05) is 0 Å². The average Bonchev–Trinajstić information content (AvgIpc) is 3.24. The molecule has 1 fully saturated rings. The molecule has 1 aliphatic carbocycles. The molecule has 11 heteroatoms. The zero-order chi connectivity index (χ0) is 19.1. The predicted molar refractivity (Wildman–Crippen MR) is 82.8 cm³/mol. The number of nitrogens with zero attached hydrogens (tertiary/aromatic N) is 5. The number of rotatable bonds is 5. The summed E-state index contributed by atoms with van der Waals surface area (Å²) in [5.41, 5.74) is 2.02.